The zero-order valence-corrected chi connectivity index (χ0v) is 9.55. The van der Waals surface area contributed by atoms with Crippen molar-refractivity contribution in [2.45, 2.75) is 10.4 Å². The second-order valence-electron chi connectivity index (χ2n) is 3.44. The van der Waals surface area contributed by atoms with Gasteiger partial charge in [0.1, 0.15) is 0 Å². The molecule has 0 amide bonds. The Morgan fingerprint density at radius 1 is 0.765 bits per heavy atom. The molecule has 0 unspecified atom stereocenters. The van der Waals surface area contributed by atoms with Gasteiger partial charge in [-0.15, -0.1) is 0 Å². The lowest BCUT2D eigenvalue weighted by molar-refractivity contribution is -0.0328. The summed E-state index contributed by atoms with van der Waals surface area (Å²) in [5.41, 5.74) is -2.54. The van der Waals surface area contributed by atoms with Crippen molar-refractivity contribution < 1.29 is 13.2 Å². The molecule has 0 aliphatic rings. The predicted octanol–water partition coefficient (Wildman–Crippen LogP) is 4.97. The normalized spacial score (nSPS) is 11.5. The van der Waals surface area contributed by atoms with Crippen LogP contribution in [-0.2, 0) is 0 Å². The molecule has 0 nitrogen and oxygen atoms in total. The lowest BCUT2D eigenvalue weighted by atomic mass is 10.1. The van der Waals surface area contributed by atoms with Gasteiger partial charge in [0.25, 0.3) is 0 Å². The van der Waals surface area contributed by atoms with Crippen molar-refractivity contribution in [2.75, 3.05) is 0 Å². The molecule has 0 aliphatic carbocycles. The topological polar surface area (TPSA) is 0 Å². The minimum absolute atomic E-state index is 0.0904. The number of hydrogen-bond acceptors (Lipinski definition) is 1. The van der Waals surface area contributed by atoms with E-state index < -0.39 is 5.51 Å². The van der Waals surface area contributed by atoms with Crippen LogP contribution in [0.1, 0.15) is 0 Å². The Bertz CT molecular complexity index is 492. The third-order valence-corrected chi connectivity index (χ3v) is 2.90. The van der Waals surface area contributed by atoms with Crippen LogP contribution in [0.2, 0.25) is 0 Å². The van der Waals surface area contributed by atoms with E-state index in [1.54, 1.807) is 18.2 Å². The number of hydrogen-bond donors (Lipinski definition) is 0. The first-order valence-electron chi connectivity index (χ1n) is 4.96. The molecule has 0 aliphatic heterocycles. The fourth-order valence-corrected chi connectivity index (χ4v) is 2.10. The lowest BCUT2D eigenvalue weighted by Gasteiger charge is -2.07. The first-order chi connectivity index (χ1) is 8.04. The molecule has 2 aromatic rings. The Balaban J connectivity index is 2.29. The zero-order valence-electron chi connectivity index (χ0n) is 8.74. The predicted molar refractivity (Wildman–Crippen MR) is 63.8 cm³/mol. The first-order valence-corrected chi connectivity index (χ1v) is 5.77. The monoisotopic (exact) mass is 254 g/mol. The van der Waals surface area contributed by atoms with Gasteiger partial charge in [-0.1, -0.05) is 42.5 Å². The van der Waals surface area contributed by atoms with Crippen LogP contribution in [0.3, 0.4) is 0 Å². The van der Waals surface area contributed by atoms with Gasteiger partial charge in [-0.3, -0.25) is 0 Å². The van der Waals surface area contributed by atoms with Crippen LogP contribution in [-0.4, -0.2) is 5.51 Å². The number of benzene rings is 2. The summed E-state index contributed by atoms with van der Waals surface area (Å²) in [6.07, 6.45) is 0. The van der Waals surface area contributed by atoms with Gasteiger partial charge in [0, 0.05) is 4.90 Å². The van der Waals surface area contributed by atoms with E-state index in [4.69, 9.17) is 0 Å². The molecule has 0 heterocycles. The van der Waals surface area contributed by atoms with Crippen molar-refractivity contribution >= 4 is 11.8 Å². The van der Waals surface area contributed by atoms with E-state index in [2.05, 4.69) is 0 Å². The summed E-state index contributed by atoms with van der Waals surface area (Å²) in [5, 5.41) is 0. The molecule has 0 N–H and O–H groups in total. The molecule has 2 aromatic carbocycles. The molecule has 0 fully saturated rings. The van der Waals surface area contributed by atoms with E-state index in [-0.39, 0.29) is 16.7 Å². The summed E-state index contributed by atoms with van der Waals surface area (Å²) in [7, 11) is 0. The molecule has 0 radical (unpaired) electrons. The highest BCUT2D eigenvalue weighted by atomic mass is 32.2. The quantitative estimate of drug-likeness (QED) is 0.682. The van der Waals surface area contributed by atoms with Crippen molar-refractivity contribution in [3.63, 3.8) is 0 Å². The van der Waals surface area contributed by atoms with Crippen LogP contribution < -0.4 is 0 Å². The molecule has 0 saturated carbocycles. The minimum atomic E-state index is -4.24. The van der Waals surface area contributed by atoms with Crippen LogP contribution in [0.25, 0.3) is 11.1 Å². The Morgan fingerprint density at radius 3 is 2.06 bits per heavy atom. The van der Waals surface area contributed by atoms with Gasteiger partial charge in [0.15, 0.2) is 0 Å². The molecule has 0 spiro atoms. The maximum atomic E-state index is 12.2. The standard InChI is InChI=1S/C13H9F3S/c14-13(15,16)17-12-8-4-7-11(9-12)10-5-2-1-3-6-10/h1-9H. The van der Waals surface area contributed by atoms with E-state index in [1.807, 2.05) is 30.3 Å². The average molecular weight is 254 g/mol. The number of thioether (sulfide) groups is 1. The van der Waals surface area contributed by atoms with Crippen LogP contribution in [0.5, 0.6) is 0 Å². The molecule has 17 heavy (non-hydrogen) atoms. The Hall–Kier alpha value is -1.42. The highest BCUT2D eigenvalue weighted by Crippen LogP contribution is 2.38. The second kappa shape index (κ2) is 4.84. The molecule has 0 atom stereocenters. The van der Waals surface area contributed by atoms with Gasteiger partial charge in [0.2, 0.25) is 0 Å². The molecule has 2 rings (SSSR count). The van der Waals surface area contributed by atoms with Crippen LogP contribution in [0, 0.1) is 0 Å². The molecule has 88 valence electrons. The smallest absolute Gasteiger partial charge is 0.160 e. The highest BCUT2D eigenvalue weighted by Gasteiger charge is 2.29. The molecular weight excluding hydrogens is 245 g/mol. The fourth-order valence-electron chi connectivity index (χ4n) is 1.50. The maximum Gasteiger partial charge on any atom is 0.446 e. The third kappa shape index (κ3) is 3.53. The summed E-state index contributed by atoms with van der Waals surface area (Å²) in [6.45, 7) is 0. The third-order valence-electron chi connectivity index (χ3n) is 2.17. The van der Waals surface area contributed by atoms with Gasteiger partial charge in [0.05, 0.1) is 0 Å². The average Bonchev–Trinajstić information content (AvgIpc) is 2.28. The number of alkyl halides is 3. The van der Waals surface area contributed by atoms with E-state index in [9.17, 15) is 13.2 Å². The molecular formula is C13H9F3S. The Labute approximate surface area is 101 Å². The van der Waals surface area contributed by atoms with Crippen molar-refractivity contribution in [2.24, 2.45) is 0 Å². The van der Waals surface area contributed by atoms with E-state index in [0.29, 0.717) is 0 Å². The second-order valence-corrected chi connectivity index (χ2v) is 4.58. The molecule has 0 saturated heterocycles. The zero-order chi connectivity index (χ0) is 12.3. The molecule has 4 heteroatoms. The largest absolute Gasteiger partial charge is 0.446 e. The number of halogens is 3. The summed E-state index contributed by atoms with van der Waals surface area (Å²) in [4.78, 5) is 0.207. The summed E-state index contributed by atoms with van der Waals surface area (Å²) < 4.78 is 36.7. The van der Waals surface area contributed by atoms with Gasteiger partial charge in [-0.2, -0.15) is 13.2 Å². The van der Waals surface area contributed by atoms with Crippen molar-refractivity contribution in [3.05, 3.63) is 54.6 Å². The Kier molecular flexibility index (Phi) is 3.43. The van der Waals surface area contributed by atoms with Gasteiger partial charge < -0.3 is 0 Å². The van der Waals surface area contributed by atoms with Gasteiger partial charge in [-0.25, -0.2) is 0 Å². The summed E-state index contributed by atoms with van der Waals surface area (Å²) in [5.74, 6) is 0. The summed E-state index contributed by atoms with van der Waals surface area (Å²) in [6, 6.07) is 15.8. The van der Waals surface area contributed by atoms with Crippen molar-refractivity contribution in [3.8, 4) is 11.1 Å². The first kappa shape index (κ1) is 12.0. The lowest BCUT2D eigenvalue weighted by Crippen LogP contribution is -1.98. The Morgan fingerprint density at radius 2 is 1.41 bits per heavy atom. The SMILES string of the molecule is FC(F)(F)Sc1cccc(-c2ccccc2)c1. The fraction of sp³-hybridized carbons (Fsp3) is 0.0769. The highest BCUT2D eigenvalue weighted by molar-refractivity contribution is 8.00. The molecule has 0 bridgehead atoms. The minimum Gasteiger partial charge on any atom is -0.160 e. The summed E-state index contributed by atoms with van der Waals surface area (Å²) >= 11 is -0.0904. The van der Waals surface area contributed by atoms with Crippen molar-refractivity contribution in [1.29, 1.82) is 0 Å². The maximum absolute atomic E-state index is 12.2. The van der Waals surface area contributed by atoms with E-state index in [0.717, 1.165) is 11.1 Å². The van der Waals surface area contributed by atoms with Gasteiger partial charge in [-0.05, 0) is 35.0 Å². The van der Waals surface area contributed by atoms with E-state index >= 15 is 0 Å². The van der Waals surface area contributed by atoms with Crippen molar-refractivity contribution in [1.82, 2.24) is 0 Å². The number of rotatable bonds is 2. The van der Waals surface area contributed by atoms with Crippen LogP contribution >= 0.6 is 11.8 Å². The van der Waals surface area contributed by atoms with Crippen LogP contribution in [0.4, 0.5) is 13.2 Å². The van der Waals surface area contributed by atoms with Crippen LogP contribution in [0.15, 0.2) is 59.5 Å². The van der Waals surface area contributed by atoms with E-state index in [1.165, 1.54) is 6.07 Å². The molecule has 0 aromatic heterocycles. The van der Waals surface area contributed by atoms with Gasteiger partial charge >= 0.3 is 5.51 Å².